The van der Waals surface area contributed by atoms with E-state index in [4.69, 9.17) is 27.7 Å². The summed E-state index contributed by atoms with van der Waals surface area (Å²) in [4.78, 5) is 30.4. The highest BCUT2D eigenvalue weighted by molar-refractivity contribution is 7.54. The Hall–Kier alpha value is -3.78. The number of amides is 1. The molecule has 0 saturated carbocycles. The predicted molar refractivity (Wildman–Crippen MR) is 195 cm³/mol. The summed E-state index contributed by atoms with van der Waals surface area (Å²) in [5.74, 6) is -0.333. The molecule has 2 aliphatic rings. The summed E-state index contributed by atoms with van der Waals surface area (Å²) >= 11 is 0. The number of carbonyl (C=O) groups excluding carboxylic acids is 1. The number of hydrogen-bond acceptors (Lipinski definition) is 10. The molecule has 14 heteroatoms. The van der Waals surface area contributed by atoms with Crippen LogP contribution >= 0.6 is 7.60 Å². The quantitative estimate of drug-likeness (QED) is 0.142. The van der Waals surface area contributed by atoms with E-state index in [-0.39, 0.29) is 30.7 Å². The molecule has 270 valence electrons. The molecule has 4 aromatic rings. The van der Waals surface area contributed by atoms with Crippen molar-refractivity contribution in [1.82, 2.24) is 9.55 Å². The Labute approximate surface area is 298 Å². The van der Waals surface area contributed by atoms with Gasteiger partial charge in [0.05, 0.1) is 19.8 Å². The Bertz CT molecular complexity index is 1840. The average Bonchev–Trinajstić information content (AvgIpc) is 3.71. The molecular formula is C37H44N3O9PSi. The van der Waals surface area contributed by atoms with Crippen molar-refractivity contribution in [3.8, 4) is 0 Å². The third kappa shape index (κ3) is 7.44. The molecule has 2 saturated heterocycles. The van der Waals surface area contributed by atoms with Gasteiger partial charge in [-0.15, -0.1) is 0 Å². The van der Waals surface area contributed by atoms with Gasteiger partial charge in [-0.2, -0.15) is 4.98 Å². The molecule has 5 atom stereocenters. The molecule has 3 aromatic carbocycles. The number of aromatic nitrogens is 2. The predicted octanol–water partition coefficient (Wildman–Crippen LogP) is 5.30. The van der Waals surface area contributed by atoms with Crippen molar-refractivity contribution in [3.63, 3.8) is 0 Å². The van der Waals surface area contributed by atoms with Gasteiger partial charge in [-0.25, -0.2) is 4.79 Å². The second kappa shape index (κ2) is 15.4. The highest BCUT2D eigenvalue weighted by Gasteiger charge is 2.60. The summed E-state index contributed by atoms with van der Waals surface area (Å²) in [5, 5.41) is 4.52. The minimum Gasteiger partial charge on any atom is -0.405 e. The fourth-order valence-corrected chi connectivity index (χ4v) is 13.0. The SMILES string of the molecule is CCOP(=O)(OCC)[C@@H]1O[C@@H]2[C@H](O1)[C@@H](CO[Si](c1ccccc1)(c1ccccc1)C(C)(C)C)O[C@H]2n1ccc(NC(=O)c2ccccc2)nc1=O. The molecule has 12 nitrogen and oxygen atoms in total. The summed E-state index contributed by atoms with van der Waals surface area (Å²) < 4.78 is 52.6. The van der Waals surface area contributed by atoms with Crippen LogP contribution in [-0.4, -0.2) is 67.9 Å². The maximum absolute atomic E-state index is 13.9. The number of ether oxygens (including phenoxy) is 3. The van der Waals surface area contributed by atoms with Crippen LogP contribution in [0.25, 0.3) is 0 Å². The van der Waals surface area contributed by atoms with E-state index in [2.05, 4.69) is 55.3 Å². The van der Waals surface area contributed by atoms with Gasteiger partial charge in [0, 0.05) is 11.8 Å². The molecule has 0 spiro atoms. The van der Waals surface area contributed by atoms with Crippen LogP contribution in [0, 0.1) is 0 Å². The van der Waals surface area contributed by atoms with Crippen LogP contribution in [0.4, 0.5) is 5.82 Å². The number of nitrogens with one attached hydrogen (secondary N) is 1. The van der Waals surface area contributed by atoms with Gasteiger partial charge in [0.25, 0.3) is 20.3 Å². The van der Waals surface area contributed by atoms with E-state index in [0.29, 0.717) is 5.56 Å². The first kappa shape index (κ1) is 37.0. The molecule has 0 radical (unpaired) electrons. The maximum atomic E-state index is 13.9. The smallest absolute Gasteiger partial charge is 0.386 e. The standard InChI is InChI=1S/C37H44N3O9PSi/c1-6-44-50(43,45-7-2)36-48-31-29(25-46-51(37(3,4)5,27-19-13-9-14-20-27)28-21-15-10-16-22-28)47-34(32(31)49-36)40-24-23-30(39-35(40)42)38-33(41)26-17-11-8-12-18-26/h8-24,29,31-32,34,36H,6-7,25H2,1-5H3,(H,38,39,41,42)/t29-,31-,32-,34-,36+/m1/s1. The first-order valence-electron chi connectivity index (χ1n) is 17.1. The third-order valence-corrected chi connectivity index (χ3v) is 16.0. The average molecular weight is 734 g/mol. The molecule has 6 rings (SSSR count). The number of fused-ring (bicyclic) bond motifs is 1. The van der Waals surface area contributed by atoms with Gasteiger partial charge in [-0.3, -0.25) is 13.9 Å². The monoisotopic (exact) mass is 733 g/mol. The molecule has 51 heavy (non-hydrogen) atoms. The van der Waals surface area contributed by atoms with Gasteiger partial charge >= 0.3 is 13.3 Å². The number of rotatable bonds is 13. The zero-order chi connectivity index (χ0) is 36.2. The van der Waals surface area contributed by atoms with Crippen molar-refractivity contribution < 1.29 is 37.0 Å². The Kier molecular flexibility index (Phi) is 11.2. The van der Waals surface area contributed by atoms with Crippen molar-refractivity contribution >= 4 is 38.0 Å². The van der Waals surface area contributed by atoms with Crippen molar-refractivity contribution in [2.45, 2.75) is 70.2 Å². The molecule has 3 heterocycles. The summed E-state index contributed by atoms with van der Waals surface area (Å²) in [6.45, 7) is 10.2. The fourth-order valence-electron chi connectivity index (χ4n) is 6.77. The van der Waals surface area contributed by atoms with E-state index in [1.54, 1.807) is 44.2 Å². The molecule has 1 aromatic heterocycles. The molecule has 2 fully saturated rings. The van der Waals surface area contributed by atoms with Gasteiger partial charge in [-0.05, 0) is 47.5 Å². The van der Waals surface area contributed by atoms with Crippen LogP contribution in [0.15, 0.2) is 108 Å². The van der Waals surface area contributed by atoms with E-state index >= 15 is 0 Å². The molecule has 0 aliphatic carbocycles. The van der Waals surface area contributed by atoms with Crippen LogP contribution in [0.2, 0.25) is 5.04 Å². The summed E-state index contributed by atoms with van der Waals surface area (Å²) in [7, 11) is -6.89. The van der Waals surface area contributed by atoms with Gasteiger partial charge in [0.2, 0.25) is 0 Å². The minimum absolute atomic E-state index is 0.0714. The highest BCUT2D eigenvalue weighted by atomic mass is 31.2. The van der Waals surface area contributed by atoms with Crippen LogP contribution in [0.5, 0.6) is 0 Å². The molecule has 0 bridgehead atoms. The van der Waals surface area contributed by atoms with E-state index < -0.39 is 58.1 Å². The van der Waals surface area contributed by atoms with Gasteiger partial charge in [0.1, 0.15) is 24.1 Å². The van der Waals surface area contributed by atoms with Crippen molar-refractivity contribution in [2.24, 2.45) is 0 Å². The number of anilines is 1. The van der Waals surface area contributed by atoms with Crippen LogP contribution in [-0.2, 0) is 32.2 Å². The Morgan fingerprint density at radius 1 is 0.843 bits per heavy atom. The summed E-state index contributed by atoms with van der Waals surface area (Å²) in [6, 6.07) is 29.2. The second-order valence-corrected chi connectivity index (χ2v) is 19.6. The van der Waals surface area contributed by atoms with E-state index in [1.165, 1.54) is 16.8 Å². The van der Waals surface area contributed by atoms with E-state index in [0.717, 1.165) is 10.4 Å². The third-order valence-electron chi connectivity index (χ3n) is 8.97. The topological polar surface area (TPSA) is 136 Å². The lowest BCUT2D eigenvalue weighted by Gasteiger charge is -2.43. The molecule has 1 N–H and O–H groups in total. The lowest BCUT2D eigenvalue weighted by Crippen LogP contribution is -2.67. The summed E-state index contributed by atoms with van der Waals surface area (Å²) in [5.41, 5.74) is -0.271. The normalized spacial score (nSPS) is 22.1. The Morgan fingerprint density at radius 3 is 1.92 bits per heavy atom. The second-order valence-electron chi connectivity index (χ2n) is 13.2. The fraction of sp³-hybridized carbons (Fsp3) is 0.378. The maximum Gasteiger partial charge on any atom is 0.386 e. The van der Waals surface area contributed by atoms with Crippen molar-refractivity contribution in [2.75, 3.05) is 25.1 Å². The largest absolute Gasteiger partial charge is 0.405 e. The van der Waals surface area contributed by atoms with Crippen LogP contribution in [0.1, 0.15) is 51.2 Å². The Morgan fingerprint density at radius 2 is 1.39 bits per heavy atom. The van der Waals surface area contributed by atoms with Gasteiger partial charge in [0.15, 0.2) is 6.23 Å². The first-order chi connectivity index (χ1) is 24.5. The number of hydrogen-bond donors (Lipinski definition) is 1. The lowest BCUT2D eigenvalue weighted by atomic mass is 10.1. The van der Waals surface area contributed by atoms with Gasteiger partial charge < -0.3 is 33.0 Å². The zero-order valence-corrected chi connectivity index (χ0v) is 31.2. The number of benzene rings is 3. The van der Waals surface area contributed by atoms with Crippen LogP contribution in [0.3, 0.4) is 0 Å². The van der Waals surface area contributed by atoms with Gasteiger partial charge in [-0.1, -0.05) is 99.6 Å². The molecule has 0 unspecified atom stereocenters. The molecule has 2 aliphatic heterocycles. The Balaban J connectivity index is 1.34. The first-order valence-corrected chi connectivity index (χ1v) is 20.6. The summed E-state index contributed by atoms with van der Waals surface area (Å²) in [6.07, 6.45) is -2.03. The zero-order valence-electron chi connectivity index (χ0n) is 29.3. The minimum atomic E-state index is -3.89. The highest BCUT2D eigenvalue weighted by Crippen LogP contribution is 2.58. The number of carbonyl (C=O) groups is 1. The van der Waals surface area contributed by atoms with E-state index in [1.807, 2.05) is 36.4 Å². The number of nitrogens with zero attached hydrogens (tertiary/aromatic N) is 2. The van der Waals surface area contributed by atoms with E-state index in [9.17, 15) is 14.2 Å². The van der Waals surface area contributed by atoms with Crippen molar-refractivity contribution in [3.05, 3.63) is 119 Å². The van der Waals surface area contributed by atoms with Crippen LogP contribution < -0.4 is 21.4 Å². The molecule has 1 amide bonds. The molecular weight excluding hydrogens is 689 g/mol. The lowest BCUT2D eigenvalue weighted by molar-refractivity contribution is -0.130. The van der Waals surface area contributed by atoms with Crippen molar-refractivity contribution in [1.29, 1.82) is 0 Å².